The fraction of sp³-hybridized carbons (Fsp3) is 0.286. The van der Waals surface area contributed by atoms with E-state index in [-0.39, 0.29) is 12.3 Å². The van der Waals surface area contributed by atoms with E-state index in [0.717, 1.165) is 12.0 Å². The van der Waals surface area contributed by atoms with Crippen LogP contribution in [0.15, 0.2) is 39.7 Å². The largest absolute Gasteiger partial charge is 0.496 e. The van der Waals surface area contributed by atoms with Crippen molar-refractivity contribution in [2.75, 3.05) is 13.7 Å². The zero-order chi connectivity index (χ0) is 21.7. The summed E-state index contributed by atoms with van der Waals surface area (Å²) in [5.41, 5.74) is 0.721. The van der Waals surface area contributed by atoms with Gasteiger partial charge >= 0.3 is 5.97 Å². The first kappa shape index (κ1) is 22.4. The molecule has 1 amide bonds. The van der Waals surface area contributed by atoms with Crippen LogP contribution in [-0.2, 0) is 9.59 Å². The number of methoxy groups -OCH3 is 1. The van der Waals surface area contributed by atoms with Crippen molar-refractivity contribution < 1.29 is 23.8 Å². The van der Waals surface area contributed by atoms with Gasteiger partial charge in [-0.1, -0.05) is 42.0 Å². The SMILES string of the molecule is COc1ccc(Cl)cc1-c1ccc(/C=C2\SC(=S)N(CCCCCC(=O)O)C2=O)o1. The number of ether oxygens (including phenoxy) is 1. The Balaban J connectivity index is 1.68. The van der Waals surface area contributed by atoms with Crippen LogP contribution in [0.2, 0.25) is 5.02 Å². The number of carbonyl (C=O) groups is 2. The molecular formula is C21H20ClNO5S2. The van der Waals surface area contributed by atoms with E-state index in [4.69, 9.17) is 38.1 Å². The maximum atomic E-state index is 12.7. The molecule has 2 heterocycles. The summed E-state index contributed by atoms with van der Waals surface area (Å²) in [4.78, 5) is 25.3. The van der Waals surface area contributed by atoms with Gasteiger partial charge in [0, 0.05) is 24.1 Å². The molecule has 1 aliphatic heterocycles. The normalized spacial score (nSPS) is 15.3. The molecule has 1 aliphatic rings. The van der Waals surface area contributed by atoms with Crippen LogP contribution in [0.1, 0.15) is 31.4 Å². The van der Waals surface area contributed by atoms with E-state index >= 15 is 0 Å². The summed E-state index contributed by atoms with van der Waals surface area (Å²) in [6.07, 6.45) is 3.82. The number of halogens is 1. The summed E-state index contributed by atoms with van der Waals surface area (Å²) in [6.45, 7) is 0.477. The lowest BCUT2D eigenvalue weighted by Crippen LogP contribution is -2.29. The standard InChI is InChI=1S/C21H20ClNO5S2/c1-27-16-8-6-13(22)11-15(16)17-9-7-14(28-17)12-18-20(26)23(21(29)30-18)10-4-2-3-5-19(24)25/h6-9,11-12H,2-5,10H2,1H3,(H,24,25)/b18-12-. The molecule has 0 unspecified atom stereocenters. The number of benzene rings is 1. The molecule has 1 aromatic carbocycles. The van der Waals surface area contributed by atoms with Gasteiger partial charge in [0.1, 0.15) is 21.6 Å². The van der Waals surface area contributed by atoms with E-state index in [1.165, 1.54) is 11.8 Å². The molecule has 158 valence electrons. The van der Waals surface area contributed by atoms with Gasteiger partial charge in [-0.05, 0) is 43.2 Å². The first-order valence-corrected chi connectivity index (χ1v) is 10.9. The van der Waals surface area contributed by atoms with Crippen LogP contribution < -0.4 is 4.74 Å². The quantitative estimate of drug-likeness (QED) is 0.299. The smallest absolute Gasteiger partial charge is 0.303 e. The molecule has 30 heavy (non-hydrogen) atoms. The number of rotatable bonds is 9. The Morgan fingerprint density at radius 1 is 1.30 bits per heavy atom. The predicted molar refractivity (Wildman–Crippen MR) is 122 cm³/mol. The van der Waals surface area contributed by atoms with Crippen LogP contribution in [0, 0.1) is 0 Å². The van der Waals surface area contributed by atoms with Crippen LogP contribution in [0.25, 0.3) is 17.4 Å². The molecule has 0 spiro atoms. The number of carboxylic acid groups (broad SMARTS) is 1. The number of carboxylic acids is 1. The Bertz CT molecular complexity index is 1000. The number of carbonyl (C=O) groups excluding carboxylic acids is 1. The number of hydrogen-bond acceptors (Lipinski definition) is 6. The molecule has 9 heteroatoms. The maximum absolute atomic E-state index is 12.7. The molecule has 1 N–H and O–H groups in total. The average Bonchev–Trinajstić information content (AvgIpc) is 3.27. The summed E-state index contributed by atoms with van der Waals surface area (Å²) in [5, 5.41) is 9.25. The molecule has 0 aliphatic carbocycles. The summed E-state index contributed by atoms with van der Waals surface area (Å²) in [7, 11) is 1.57. The van der Waals surface area contributed by atoms with E-state index < -0.39 is 5.97 Å². The highest BCUT2D eigenvalue weighted by Gasteiger charge is 2.31. The summed E-state index contributed by atoms with van der Waals surface area (Å²) in [5.74, 6) is 0.760. The Morgan fingerprint density at radius 3 is 2.83 bits per heavy atom. The summed E-state index contributed by atoms with van der Waals surface area (Å²) < 4.78 is 11.7. The third kappa shape index (κ3) is 5.44. The minimum Gasteiger partial charge on any atom is -0.496 e. The molecule has 2 aromatic rings. The monoisotopic (exact) mass is 465 g/mol. The highest BCUT2D eigenvalue weighted by Crippen LogP contribution is 2.36. The molecule has 0 radical (unpaired) electrons. The third-order valence-electron chi connectivity index (χ3n) is 4.47. The van der Waals surface area contributed by atoms with E-state index in [1.807, 2.05) is 0 Å². The highest BCUT2D eigenvalue weighted by molar-refractivity contribution is 8.26. The van der Waals surface area contributed by atoms with Crippen LogP contribution in [0.3, 0.4) is 0 Å². The number of nitrogens with zero attached hydrogens (tertiary/aromatic N) is 1. The molecule has 1 fully saturated rings. The molecule has 1 aromatic heterocycles. The second-order valence-electron chi connectivity index (χ2n) is 6.58. The van der Waals surface area contributed by atoms with Crippen molar-refractivity contribution in [3.8, 4) is 17.1 Å². The first-order valence-electron chi connectivity index (χ1n) is 9.30. The second kappa shape index (κ2) is 10.1. The van der Waals surface area contributed by atoms with Gasteiger partial charge in [-0.25, -0.2) is 0 Å². The molecular weight excluding hydrogens is 446 g/mol. The van der Waals surface area contributed by atoms with E-state index in [9.17, 15) is 9.59 Å². The molecule has 0 saturated carbocycles. The third-order valence-corrected chi connectivity index (χ3v) is 6.09. The predicted octanol–water partition coefficient (Wildman–Crippen LogP) is 5.45. The minimum atomic E-state index is -0.809. The van der Waals surface area contributed by atoms with Crippen molar-refractivity contribution in [3.63, 3.8) is 0 Å². The van der Waals surface area contributed by atoms with Crippen molar-refractivity contribution in [3.05, 3.63) is 46.0 Å². The molecule has 3 rings (SSSR count). The maximum Gasteiger partial charge on any atom is 0.303 e. The number of aliphatic carboxylic acids is 1. The van der Waals surface area contributed by atoms with Gasteiger partial charge in [-0.15, -0.1) is 0 Å². The van der Waals surface area contributed by atoms with Crippen molar-refractivity contribution in [1.29, 1.82) is 0 Å². The van der Waals surface area contributed by atoms with Crippen LogP contribution in [0.4, 0.5) is 0 Å². The summed E-state index contributed by atoms with van der Waals surface area (Å²) >= 11 is 12.7. The number of hydrogen-bond donors (Lipinski definition) is 1. The van der Waals surface area contributed by atoms with E-state index in [0.29, 0.717) is 50.9 Å². The zero-order valence-electron chi connectivity index (χ0n) is 16.2. The average molecular weight is 466 g/mol. The van der Waals surface area contributed by atoms with Gasteiger partial charge in [0.15, 0.2) is 0 Å². The molecule has 0 atom stereocenters. The lowest BCUT2D eigenvalue weighted by molar-refractivity contribution is -0.137. The van der Waals surface area contributed by atoms with Crippen molar-refractivity contribution in [1.82, 2.24) is 4.90 Å². The zero-order valence-corrected chi connectivity index (χ0v) is 18.6. The van der Waals surface area contributed by atoms with Gasteiger partial charge in [0.25, 0.3) is 5.91 Å². The number of unbranched alkanes of at least 4 members (excludes halogenated alkanes) is 2. The van der Waals surface area contributed by atoms with Crippen LogP contribution >= 0.6 is 35.6 Å². The topological polar surface area (TPSA) is 80.0 Å². The number of amides is 1. The Labute approximate surface area is 188 Å². The first-order chi connectivity index (χ1) is 14.4. The van der Waals surface area contributed by atoms with Gasteiger partial charge in [-0.2, -0.15) is 0 Å². The van der Waals surface area contributed by atoms with E-state index in [1.54, 1.807) is 48.4 Å². The van der Waals surface area contributed by atoms with Gasteiger partial charge in [0.2, 0.25) is 0 Å². The Kier molecular flexibility index (Phi) is 7.58. The minimum absolute atomic E-state index is 0.135. The highest BCUT2D eigenvalue weighted by atomic mass is 35.5. The van der Waals surface area contributed by atoms with Crippen LogP contribution in [-0.4, -0.2) is 39.9 Å². The van der Waals surface area contributed by atoms with Crippen molar-refractivity contribution >= 4 is 57.9 Å². The lowest BCUT2D eigenvalue weighted by atomic mass is 10.1. The fourth-order valence-electron chi connectivity index (χ4n) is 2.99. The molecule has 6 nitrogen and oxygen atoms in total. The summed E-state index contributed by atoms with van der Waals surface area (Å²) in [6, 6.07) is 8.83. The number of thioether (sulfide) groups is 1. The van der Waals surface area contributed by atoms with Gasteiger partial charge in [-0.3, -0.25) is 14.5 Å². The van der Waals surface area contributed by atoms with Crippen molar-refractivity contribution in [2.24, 2.45) is 0 Å². The second-order valence-corrected chi connectivity index (χ2v) is 8.70. The fourth-order valence-corrected chi connectivity index (χ4v) is 4.45. The van der Waals surface area contributed by atoms with Crippen molar-refractivity contribution in [2.45, 2.75) is 25.7 Å². The van der Waals surface area contributed by atoms with E-state index in [2.05, 4.69) is 0 Å². The Hall–Kier alpha value is -2.29. The lowest BCUT2D eigenvalue weighted by Gasteiger charge is -2.13. The molecule has 0 bridgehead atoms. The van der Waals surface area contributed by atoms with Gasteiger partial charge < -0.3 is 14.3 Å². The Morgan fingerprint density at radius 2 is 2.10 bits per heavy atom. The van der Waals surface area contributed by atoms with Gasteiger partial charge in [0.05, 0.1) is 17.6 Å². The van der Waals surface area contributed by atoms with Crippen LogP contribution in [0.5, 0.6) is 5.75 Å². The molecule has 1 saturated heterocycles. The number of furan rings is 1. The number of thiocarbonyl (C=S) groups is 1.